The number of rotatable bonds is 2. The van der Waals surface area contributed by atoms with Gasteiger partial charge in [-0.2, -0.15) is 0 Å². The Labute approximate surface area is 47.6 Å². The number of carboxylic acids is 1. The van der Waals surface area contributed by atoms with Crippen molar-refractivity contribution in [2.75, 3.05) is 0 Å². The van der Waals surface area contributed by atoms with E-state index in [0.717, 1.165) is 0 Å². The van der Waals surface area contributed by atoms with E-state index in [1.807, 2.05) is 0 Å². The summed E-state index contributed by atoms with van der Waals surface area (Å²) in [6.07, 6.45) is 0.495. The highest BCUT2D eigenvalue weighted by Crippen LogP contribution is 1.82. The quantitative estimate of drug-likeness (QED) is 0.489. The standard InChI is InChI=1S/C4H9NO2.H2O/c1-2-3(5)4(6)7;/h3H,2,5H2,1H3,(H,6,7);1H2. The highest BCUT2D eigenvalue weighted by atomic mass is 16.4. The SMILES string of the molecule is CCC(N)C(=O)O.O. The summed E-state index contributed by atoms with van der Waals surface area (Å²) in [5, 5.41) is 8.06. The molecular formula is C4H11NO3. The minimum atomic E-state index is -0.928. The molecule has 0 aromatic rings. The Morgan fingerprint density at radius 3 is 2.25 bits per heavy atom. The normalized spacial score (nSPS) is 11.8. The van der Waals surface area contributed by atoms with Gasteiger partial charge in [0.15, 0.2) is 0 Å². The highest BCUT2D eigenvalue weighted by molar-refractivity contribution is 5.72. The number of carboxylic acid groups (broad SMARTS) is 1. The lowest BCUT2D eigenvalue weighted by Crippen LogP contribution is -2.28. The lowest BCUT2D eigenvalue weighted by Gasteiger charge is -1.97. The maximum Gasteiger partial charge on any atom is 0.320 e. The van der Waals surface area contributed by atoms with Crippen LogP contribution in [0.3, 0.4) is 0 Å². The Balaban J connectivity index is 0. The monoisotopic (exact) mass is 121 g/mol. The van der Waals surface area contributed by atoms with Crippen molar-refractivity contribution < 1.29 is 15.4 Å². The first kappa shape index (κ1) is 10.4. The predicted molar refractivity (Wildman–Crippen MR) is 29.5 cm³/mol. The molecule has 5 N–H and O–H groups in total. The van der Waals surface area contributed by atoms with Crippen molar-refractivity contribution in [3.8, 4) is 0 Å². The Kier molecular flexibility index (Phi) is 5.90. The smallest absolute Gasteiger partial charge is 0.320 e. The Morgan fingerprint density at radius 2 is 2.25 bits per heavy atom. The van der Waals surface area contributed by atoms with Crippen molar-refractivity contribution in [1.29, 1.82) is 0 Å². The molecule has 4 heteroatoms. The maximum atomic E-state index is 9.81. The van der Waals surface area contributed by atoms with Crippen LogP contribution in [-0.4, -0.2) is 22.6 Å². The molecule has 0 aliphatic rings. The van der Waals surface area contributed by atoms with Gasteiger partial charge in [0, 0.05) is 0 Å². The van der Waals surface area contributed by atoms with Crippen LogP contribution in [0.15, 0.2) is 0 Å². The molecule has 8 heavy (non-hydrogen) atoms. The molecule has 50 valence electrons. The van der Waals surface area contributed by atoms with Gasteiger partial charge in [-0.3, -0.25) is 4.79 Å². The molecule has 1 atom stereocenters. The average molecular weight is 121 g/mol. The summed E-state index contributed by atoms with van der Waals surface area (Å²) in [4.78, 5) is 9.81. The van der Waals surface area contributed by atoms with E-state index in [1.54, 1.807) is 6.92 Å². The van der Waals surface area contributed by atoms with Crippen molar-refractivity contribution in [1.82, 2.24) is 0 Å². The highest BCUT2D eigenvalue weighted by Gasteiger charge is 2.05. The van der Waals surface area contributed by atoms with Crippen LogP contribution in [-0.2, 0) is 4.79 Å². The lowest BCUT2D eigenvalue weighted by atomic mass is 10.2. The second kappa shape index (κ2) is 4.55. The third-order valence-electron chi connectivity index (χ3n) is 0.757. The lowest BCUT2D eigenvalue weighted by molar-refractivity contribution is -0.138. The molecular weight excluding hydrogens is 110 g/mol. The maximum absolute atomic E-state index is 9.81. The molecule has 0 spiro atoms. The van der Waals surface area contributed by atoms with Gasteiger partial charge in [-0.25, -0.2) is 0 Å². The largest absolute Gasteiger partial charge is 0.480 e. The first-order valence-electron chi connectivity index (χ1n) is 2.17. The van der Waals surface area contributed by atoms with Crippen LogP contribution in [0, 0.1) is 0 Å². The number of hydrogen-bond acceptors (Lipinski definition) is 2. The van der Waals surface area contributed by atoms with E-state index in [9.17, 15) is 4.79 Å². The van der Waals surface area contributed by atoms with Crippen LogP contribution in [0.25, 0.3) is 0 Å². The van der Waals surface area contributed by atoms with Crippen LogP contribution in [0.1, 0.15) is 13.3 Å². The zero-order valence-corrected chi connectivity index (χ0v) is 4.72. The fourth-order valence-electron chi connectivity index (χ4n) is 0.175. The minimum absolute atomic E-state index is 0. The molecule has 0 amide bonds. The van der Waals surface area contributed by atoms with E-state index in [-0.39, 0.29) is 5.48 Å². The molecule has 0 aliphatic carbocycles. The molecule has 0 rings (SSSR count). The summed E-state index contributed by atoms with van der Waals surface area (Å²) in [7, 11) is 0. The topological polar surface area (TPSA) is 94.8 Å². The summed E-state index contributed by atoms with van der Waals surface area (Å²) < 4.78 is 0. The van der Waals surface area contributed by atoms with Gasteiger partial charge in [-0.05, 0) is 6.42 Å². The molecule has 0 aliphatic heterocycles. The van der Waals surface area contributed by atoms with Crippen molar-refractivity contribution in [3.05, 3.63) is 0 Å². The minimum Gasteiger partial charge on any atom is -0.480 e. The van der Waals surface area contributed by atoms with Crippen LogP contribution in [0.2, 0.25) is 0 Å². The number of hydrogen-bond donors (Lipinski definition) is 2. The zero-order valence-electron chi connectivity index (χ0n) is 4.72. The molecule has 0 aromatic carbocycles. The molecule has 1 unspecified atom stereocenters. The Hall–Kier alpha value is -0.610. The first-order chi connectivity index (χ1) is 3.18. The first-order valence-corrected chi connectivity index (χ1v) is 2.17. The molecule has 0 fully saturated rings. The average Bonchev–Trinajstić information content (AvgIpc) is 1.65. The van der Waals surface area contributed by atoms with E-state index in [4.69, 9.17) is 10.8 Å². The molecule has 4 nitrogen and oxygen atoms in total. The number of carbonyl (C=O) groups is 1. The molecule has 0 radical (unpaired) electrons. The van der Waals surface area contributed by atoms with E-state index in [1.165, 1.54) is 0 Å². The van der Waals surface area contributed by atoms with Gasteiger partial charge in [0.05, 0.1) is 0 Å². The zero-order chi connectivity index (χ0) is 5.86. The van der Waals surface area contributed by atoms with Crippen LogP contribution >= 0.6 is 0 Å². The van der Waals surface area contributed by atoms with Gasteiger partial charge in [-0.1, -0.05) is 6.92 Å². The van der Waals surface area contributed by atoms with Gasteiger partial charge in [0.1, 0.15) is 6.04 Å². The number of aliphatic carboxylic acids is 1. The van der Waals surface area contributed by atoms with E-state index < -0.39 is 12.0 Å². The Bertz CT molecular complexity index is 73.7. The summed E-state index contributed by atoms with van der Waals surface area (Å²) in [6.45, 7) is 1.73. The van der Waals surface area contributed by atoms with Crippen molar-refractivity contribution >= 4 is 5.97 Å². The van der Waals surface area contributed by atoms with E-state index in [2.05, 4.69) is 0 Å². The van der Waals surface area contributed by atoms with Crippen molar-refractivity contribution in [2.45, 2.75) is 19.4 Å². The summed E-state index contributed by atoms with van der Waals surface area (Å²) in [5.41, 5.74) is 5.02. The van der Waals surface area contributed by atoms with Gasteiger partial charge < -0.3 is 16.3 Å². The molecule has 0 bridgehead atoms. The van der Waals surface area contributed by atoms with Crippen LogP contribution in [0.5, 0.6) is 0 Å². The van der Waals surface area contributed by atoms with Crippen LogP contribution in [0.4, 0.5) is 0 Å². The van der Waals surface area contributed by atoms with Crippen molar-refractivity contribution in [3.63, 3.8) is 0 Å². The molecule has 0 aromatic heterocycles. The molecule has 0 saturated carbocycles. The second-order valence-corrected chi connectivity index (χ2v) is 1.35. The third-order valence-corrected chi connectivity index (χ3v) is 0.757. The fourth-order valence-corrected chi connectivity index (χ4v) is 0.175. The van der Waals surface area contributed by atoms with Crippen LogP contribution < -0.4 is 5.73 Å². The van der Waals surface area contributed by atoms with Gasteiger partial charge in [0.25, 0.3) is 0 Å². The van der Waals surface area contributed by atoms with E-state index in [0.29, 0.717) is 6.42 Å². The summed E-state index contributed by atoms with van der Waals surface area (Å²) in [5.74, 6) is -0.928. The Morgan fingerprint density at radius 1 is 1.88 bits per heavy atom. The van der Waals surface area contributed by atoms with Gasteiger partial charge in [-0.15, -0.1) is 0 Å². The third kappa shape index (κ3) is 3.58. The summed E-state index contributed by atoms with van der Waals surface area (Å²) in [6, 6.07) is -0.681. The summed E-state index contributed by atoms with van der Waals surface area (Å²) >= 11 is 0. The van der Waals surface area contributed by atoms with Gasteiger partial charge in [0.2, 0.25) is 0 Å². The van der Waals surface area contributed by atoms with Crippen molar-refractivity contribution in [2.24, 2.45) is 5.73 Å². The molecule has 0 saturated heterocycles. The predicted octanol–water partition coefficient (Wildman–Crippen LogP) is -1.02. The second-order valence-electron chi connectivity index (χ2n) is 1.35. The van der Waals surface area contributed by atoms with E-state index >= 15 is 0 Å². The fraction of sp³-hybridized carbons (Fsp3) is 0.750. The molecule has 0 heterocycles. The number of nitrogens with two attached hydrogens (primary N) is 1. The van der Waals surface area contributed by atoms with Gasteiger partial charge >= 0.3 is 5.97 Å².